The number of anilines is 1. The van der Waals surface area contributed by atoms with Crippen molar-refractivity contribution in [1.82, 2.24) is 14.8 Å². The van der Waals surface area contributed by atoms with Gasteiger partial charge >= 0.3 is 0 Å². The lowest BCUT2D eigenvalue weighted by Gasteiger charge is -2.10. The fraction of sp³-hybridized carbons (Fsp3) is 0.0870. The Morgan fingerprint density at radius 1 is 1.06 bits per heavy atom. The molecule has 8 nitrogen and oxygen atoms in total. The van der Waals surface area contributed by atoms with Crippen molar-refractivity contribution in [1.29, 1.82) is 0 Å². The molecule has 0 radical (unpaired) electrons. The van der Waals surface area contributed by atoms with Gasteiger partial charge in [-0.2, -0.15) is 0 Å². The van der Waals surface area contributed by atoms with Crippen molar-refractivity contribution in [2.24, 2.45) is 0 Å². The van der Waals surface area contributed by atoms with Crippen LogP contribution in [0.4, 0.5) is 11.4 Å². The van der Waals surface area contributed by atoms with E-state index in [1.165, 1.54) is 18.2 Å². The molecule has 0 aliphatic carbocycles. The summed E-state index contributed by atoms with van der Waals surface area (Å²) in [6.07, 6.45) is 0. The second-order valence-corrected chi connectivity index (χ2v) is 7.67. The van der Waals surface area contributed by atoms with E-state index in [2.05, 4.69) is 15.4 Å². The van der Waals surface area contributed by atoms with Crippen LogP contribution in [0, 0.1) is 24.0 Å². The average molecular weight is 448 g/mol. The molecule has 0 saturated carbocycles. The second kappa shape index (κ2) is 8.60. The molecule has 3 aromatic carbocycles. The monoisotopic (exact) mass is 447 g/mol. The van der Waals surface area contributed by atoms with Crippen molar-refractivity contribution < 1.29 is 9.72 Å². The summed E-state index contributed by atoms with van der Waals surface area (Å²) in [6, 6.07) is 18.7. The van der Waals surface area contributed by atoms with E-state index >= 15 is 0 Å². The van der Waals surface area contributed by atoms with E-state index in [9.17, 15) is 14.9 Å². The highest BCUT2D eigenvalue weighted by Crippen LogP contribution is 2.26. The van der Waals surface area contributed by atoms with Crippen LogP contribution in [0.2, 0.25) is 5.02 Å². The highest BCUT2D eigenvalue weighted by molar-refractivity contribution is 6.30. The average Bonchev–Trinajstić information content (AvgIpc) is 3.21. The molecule has 1 aromatic heterocycles. The van der Waals surface area contributed by atoms with Gasteiger partial charge in [0.05, 0.1) is 10.6 Å². The predicted molar refractivity (Wildman–Crippen MR) is 122 cm³/mol. The number of carbonyl (C=O) groups is 1. The van der Waals surface area contributed by atoms with Crippen LogP contribution >= 0.6 is 11.6 Å². The van der Waals surface area contributed by atoms with E-state index < -0.39 is 10.8 Å². The summed E-state index contributed by atoms with van der Waals surface area (Å²) < 4.78 is 1.62. The van der Waals surface area contributed by atoms with E-state index in [1.54, 1.807) is 35.0 Å². The van der Waals surface area contributed by atoms with Crippen molar-refractivity contribution in [3.63, 3.8) is 0 Å². The standard InChI is InChI=1S/C23H18ClN5O3/c1-14-6-7-15(2)20(12-14)28-22(16-8-10-17(24)11-9-16)26-21(27-28)23(30)25-18-4-3-5-19(13-18)29(31)32/h3-13H,1-2H3,(H,25,30). The first-order chi connectivity index (χ1) is 15.3. The molecular formula is C23H18ClN5O3. The fourth-order valence-electron chi connectivity index (χ4n) is 3.19. The Bertz CT molecular complexity index is 1330. The summed E-state index contributed by atoms with van der Waals surface area (Å²) in [5, 5.41) is 18.7. The molecule has 0 saturated heterocycles. The maximum atomic E-state index is 12.9. The maximum absolute atomic E-state index is 12.9. The molecule has 0 spiro atoms. The minimum absolute atomic E-state index is 0.0673. The van der Waals surface area contributed by atoms with Crippen LogP contribution in [0.15, 0.2) is 66.7 Å². The van der Waals surface area contributed by atoms with Gasteiger partial charge in [0.15, 0.2) is 5.82 Å². The van der Waals surface area contributed by atoms with E-state index in [0.717, 1.165) is 22.4 Å². The molecule has 32 heavy (non-hydrogen) atoms. The first-order valence-electron chi connectivity index (χ1n) is 9.68. The van der Waals surface area contributed by atoms with E-state index in [1.807, 2.05) is 32.0 Å². The molecular weight excluding hydrogens is 430 g/mol. The molecule has 4 aromatic rings. The van der Waals surface area contributed by atoms with Crippen LogP contribution in [0.1, 0.15) is 21.7 Å². The third kappa shape index (κ3) is 4.35. The number of nitro benzene ring substituents is 1. The number of hydrogen-bond donors (Lipinski definition) is 1. The number of nitrogens with one attached hydrogen (secondary N) is 1. The van der Waals surface area contributed by atoms with Gasteiger partial charge < -0.3 is 5.32 Å². The number of aromatic nitrogens is 3. The Morgan fingerprint density at radius 2 is 1.81 bits per heavy atom. The number of hydrogen-bond acceptors (Lipinski definition) is 5. The molecule has 0 bridgehead atoms. The molecule has 0 atom stereocenters. The Balaban J connectivity index is 1.77. The van der Waals surface area contributed by atoms with E-state index in [0.29, 0.717) is 10.8 Å². The first-order valence-corrected chi connectivity index (χ1v) is 10.1. The highest BCUT2D eigenvalue weighted by atomic mass is 35.5. The molecule has 0 aliphatic rings. The van der Waals surface area contributed by atoms with Gasteiger partial charge in [0, 0.05) is 28.4 Å². The molecule has 1 heterocycles. The fourth-order valence-corrected chi connectivity index (χ4v) is 3.32. The summed E-state index contributed by atoms with van der Waals surface area (Å²) in [5.74, 6) is -0.174. The number of halogens is 1. The van der Waals surface area contributed by atoms with Crippen molar-refractivity contribution in [2.75, 3.05) is 5.32 Å². The van der Waals surface area contributed by atoms with Crippen LogP contribution in [0.5, 0.6) is 0 Å². The number of rotatable bonds is 5. The minimum Gasteiger partial charge on any atom is -0.319 e. The molecule has 9 heteroatoms. The number of nitrogens with zero attached hydrogens (tertiary/aromatic N) is 4. The summed E-state index contributed by atoms with van der Waals surface area (Å²) >= 11 is 6.03. The number of aryl methyl sites for hydroxylation is 2. The smallest absolute Gasteiger partial charge is 0.295 e. The lowest BCUT2D eigenvalue weighted by atomic mass is 10.1. The third-order valence-corrected chi connectivity index (χ3v) is 5.07. The zero-order valence-corrected chi connectivity index (χ0v) is 18.0. The van der Waals surface area contributed by atoms with Crippen molar-refractivity contribution in [3.05, 3.63) is 98.8 Å². The third-order valence-electron chi connectivity index (χ3n) is 4.82. The summed E-state index contributed by atoms with van der Waals surface area (Å²) in [4.78, 5) is 27.8. The molecule has 160 valence electrons. The van der Waals surface area contributed by atoms with Crippen LogP contribution in [0.25, 0.3) is 17.1 Å². The largest absolute Gasteiger partial charge is 0.319 e. The number of non-ortho nitro benzene ring substituents is 1. The molecule has 1 amide bonds. The number of nitro groups is 1. The Hall–Kier alpha value is -4.04. The van der Waals surface area contributed by atoms with E-state index in [-0.39, 0.29) is 17.2 Å². The van der Waals surface area contributed by atoms with Gasteiger partial charge in [0.2, 0.25) is 5.82 Å². The van der Waals surface area contributed by atoms with Crippen LogP contribution in [0.3, 0.4) is 0 Å². The molecule has 0 unspecified atom stereocenters. The summed E-state index contributed by atoms with van der Waals surface area (Å²) in [5.41, 5.74) is 3.67. The van der Waals surface area contributed by atoms with Gasteiger partial charge in [-0.25, -0.2) is 9.67 Å². The normalized spacial score (nSPS) is 10.7. The van der Waals surface area contributed by atoms with Gasteiger partial charge in [-0.3, -0.25) is 14.9 Å². The van der Waals surface area contributed by atoms with Crippen molar-refractivity contribution in [2.45, 2.75) is 13.8 Å². The number of carbonyl (C=O) groups excluding carboxylic acids is 1. The maximum Gasteiger partial charge on any atom is 0.295 e. The van der Waals surface area contributed by atoms with Gasteiger partial charge in [-0.15, -0.1) is 5.10 Å². The predicted octanol–water partition coefficient (Wildman–Crippen LogP) is 5.37. The SMILES string of the molecule is Cc1ccc(C)c(-n2nc(C(=O)Nc3cccc([N+](=O)[O-])c3)nc2-c2ccc(Cl)cc2)c1. The number of benzene rings is 3. The summed E-state index contributed by atoms with van der Waals surface area (Å²) in [7, 11) is 0. The van der Waals surface area contributed by atoms with Gasteiger partial charge in [-0.05, 0) is 61.4 Å². The van der Waals surface area contributed by atoms with Gasteiger partial charge in [0.25, 0.3) is 11.6 Å². The minimum atomic E-state index is -0.579. The molecule has 0 aliphatic heterocycles. The zero-order valence-electron chi connectivity index (χ0n) is 17.2. The van der Waals surface area contributed by atoms with Crippen LogP contribution in [-0.4, -0.2) is 25.6 Å². The highest BCUT2D eigenvalue weighted by Gasteiger charge is 2.20. The quantitative estimate of drug-likeness (QED) is 0.327. The van der Waals surface area contributed by atoms with Crippen molar-refractivity contribution >= 4 is 28.9 Å². The van der Waals surface area contributed by atoms with Crippen molar-refractivity contribution in [3.8, 4) is 17.1 Å². The Morgan fingerprint density at radius 3 is 2.53 bits per heavy atom. The lowest BCUT2D eigenvalue weighted by molar-refractivity contribution is -0.384. The second-order valence-electron chi connectivity index (χ2n) is 7.23. The van der Waals surface area contributed by atoms with E-state index in [4.69, 9.17) is 11.6 Å². The van der Waals surface area contributed by atoms with Crippen LogP contribution in [-0.2, 0) is 0 Å². The molecule has 4 rings (SSSR count). The Labute approximate surface area is 188 Å². The lowest BCUT2D eigenvalue weighted by Crippen LogP contribution is -2.14. The molecule has 0 fully saturated rings. The topological polar surface area (TPSA) is 103 Å². The zero-order chi connectivity index (χ0) is 22.8. The van der Waals surface area contributed by atoms with Gasteiger partial charge in [-0.1, -0.05) is 29.8 Å². The Kier molecular flexibility index (Phi) is 5.70. The molecule has 1 N–H and O–H groups in total. The number of amides is 1. The van der Waals surface area contributed by atoms with Crippen LogP contribution < -0.4 is 5.32 Å². The van der Waals surface area contributed by atoms with Gasteiger partial charge in [0.1, 0.15) is 0 Å². The first kappa shape index (κ1) is 21.2. The summed E-state index contributed by atoms with van der Waals surface area (Å²) in [6.45, 7) is 3.92.